The summed E-state index contributed by atoms with van der Waals surface area (Å²) in [5.41, 5.74) is 3.88. The predicted molar refractivity (Wildman–Crippen MR) is 214 cm³/mol. The van der Waals surface area contributed by atoms with Crippen LogP contribution in [0.2, 0.25) is 5.02 Å². The molecule has 0 unspecified atom stereocenters. The van der Waals surface area contributed by atoms with Gasteiger partial charge in [-0.3, -0.25) is 19.8 Å². The number of nitro groups is 1. The van der Waals surface area contributed by atoms with Crippen molar-refractivity contribution in [3.8, 4) is 22.6 Å². The lowest BCUT2D eigenvalue weighted by molar-refractivity contribution is -0.384. The normalized spacial score (nSPS) is 13.3. The summed E-state index contributed by atoms with van der Waals surface area (Å²) in [6.07, 6.45) is 3.02. The van der Waals surface area contributed by atoms with Gasteiger partial charge in [-0.15, -0.1) is 0 Å². The predicted octanol–water partition coefficient (Wildman–Crippen LogP) is 6.85. The quantitative estimate of drug-likeness (QED) is 0.0876. The van der Waals surface area contributed by atoms with Gasteiger partial charge < -0.3 is 15.0 Å². The van der Waals surface area contributed by atoms with Crippen molar-refractivity contribution < 1.29 is 22.9 Å². The topological polar surface area (TPSA) is 165 Å². The number of halogens is 1. The van der Waals surface area contributed by atoms with Crippen molar-refractivity contribution >= 4 is 44.6 Å². The third-order valence-corrected chi connectivity index (χ3v) is 10.9. The maximum absolute atomic E-state index is 13.7. The van der Waals surface area contributed by atoms with Gasteiger partial charge in [-0.1, -0.05) is 66.2 Å². The summed E-state index contributed by atoms with van der Waals surface area (Å²) in [5.74, 6) is -0.353. The van der Waals surface area contributed by atoms with Gasteiger partial charge in [-0.05, 0) is 65.2 Å². The lowest BCUT2D eigenvalue weighted by Crippen LogP contribution is -2.46. The second-order valence-electron chi connectivity index (χ2n) is 12.9. The second kappa shape index (κ2) is 17.0. The number of hydrogen-bond donors (Lipinski definition) is 2. The molecule has 7 rings (SSSR count). The first-order chi connectivity index (χ1) is 27.1. The Bertz CT molecular complexity index is 2430. The van der Waals surface area contributed by atoms with E-state index < -0.39 is 31.4 Å². The van der Waals surface area contributed by atoms with Crippen molar-refractivity contribution in [2.45, 2.75) is 18.0 Å². The number of aromatic nitrogens is 3. The third-order valence-electron chi connectivity index (χ3n) is 9.28. The Hall–Kier alpha value is -6.29. The first-order valence-corrected chi connectivity index (χ1v) is 19.6. The zero-order chi connectivity index (χ0) is 39.1. The van der Waals surface area contributed by atoms with E-state index in [-0.39, 0.29) is 23.5 Å². The Kier molecular flexibility index (Phi) is 11.6. The Morgan fingerprint density at radius 2 is 1.57 bits per heavy atom. The van der Waals surface area contributed by atoms with Gasteiger partial charge in [0.1, 0.15) is 17.2 Å². The van der Waals surface area contributed by atoms with Crippen LogP contribution >= 0.6 is 11.6 Å². The minimum Gasteiger partial charge on any atom is -0.456 e. The summed E-state index contributed by atoms with van der Waals surface area (Å²) in [6, 6.07) is 33.4. The molecule has 1 aliphatic rings. The molecule has 0 saturated carbocycles. The van der Waals surface area contributed by atoms with Crippen LogP contribution < -0.4 is 19.7 Å². The first-order valence-electron chi connectivity index (χ1n) is 17.7. The van der Waals surface area contributed by atoms with Gasteiger partial charge >= 0.3 is 0 Å². The molecule has 286 valence electrons. The maximum atomic E-state index is 13.7. The maximum Gasteiger partial charge on any atom is 0.293 e. The average molecular weight is 793 g/mol. The molecule has 1 amide bonds. The van der Waals surface area contributed by atoms with Crippen LogP contribution in [0.4, 0.5) is 17.1 Å². The molecule has 56 heavy (non-hydrogen) atoms. The fourth-order valence-corrected chi connectivity index (χ4v) is 7.55. The number of benzene rings is 5. The number of rotatable bonds is 14. The van der Waals surface area contributed by atoms with E-state index in [1.165, 1.54) is 41.0 Å². The van der Waals surface area contributed by atoms with Crippen molar-refractivity contribution in [3.05, 3.63) is 154 Å². The molecule has 1 saturated heterocycles. The van der Waals surface area contributed by atoms with Gasteiger partial charge in [0.05, 0.1) is 34.3 Å². The number of sulfonamides is 1. The molecule has 0 spiro atoms. The molecule has 0 atom stereocenters. The van der Waals surface area contributed by atoms with E-state index in [1.807, 2.05) is 42.5 Å². The van der Waals surface area contributed by atoms with E-state index in [0.29, 0.717) is 30.4 Å². The van der Waals surface area contributed by atoms with Gasteiger partial charge in [-0.2, -0.15) is 15.0 Å². The summed E-state index contributed by atoms with van der Waals surface area (Å²) in [6.45, 7) is 4.32. The molecular formula is C40H37ClN8O6S. The van der Waals surface area contributed by atoms with E-state index in [1.54, 1.807) is 36.4 Å². The van der Waals surface area contributed by atoms with Gasteiger partial charge in [0.2, 0.25) is 0 Å². The number of piperazine rings is 1. The summed E-state index contributed by atoms with van der Waals surface area (Å²) >= 11 is 6.13. The summed E-state index contributed by atoms with van der Waals surface area (Å²) in [7, 11) is -4.54. The Labute approximate surface area is 328 Å². The fourth-order valence-electron chi connectivity index (χ4n) is 6.43. The zero-order valence-corrected chi connectivity index (χ0v) is 31.6. The number of anilines is 2. The number of nitrogens with zero attached hydrogens (tertiary/aromatic N) is 6. The highest BCUT2D eigenvalue weighted by molar-refractivity contribution is 7.90. The van der Waals surface area contributed by atoms with Crippen LogP contribution in [0.25, 0.3) is 11.1 Å². The zero-order valence-electron chi connectivity index (χ0n) is 30.0. The fraction of sp³-hybridized carbons (Fsp3) is 0.175. The molecule has 2 heterocycles. The van der Waals surface area contributed by atoms with Crippen LogP contribution in [0.5, 0.6) is 11.5 Å². The summed E-state index contributed by atoms with van der Waals surface area (Å²) in [4.78, 5) is 30.4. The van der Waals surface area contributed by atoms with E-state index in [0.717, 1.165) is 42.5 Å². The summed E-state index contributed by atoms with van der Waals surface area (Å²) in [5, 5.41) is 23.5. The van der Waals surface area contributed by atoms with Crippen LogP contribution in [0.15, 0.2) is 133 Å². The highest BCUT2D eigenvalue weighted by atomic mass is 35.5. The molecule has 16 heteroatoms. The van der Waals surface area contributed by atoms with Crippen LogP contribution in [0, 0.1) is 10.1 Å². The Morgan fingerprint density at radius 3 is 2.30 bits per heavy atom. The van der Waals surface area contributed by atoms with Crippen molar-refractivity contribution in [1.82, 2.24) is 24.6 Å². The molecule has 1 fully saturated rings. The highest BCUT2D eigenvalue weighted by Gasteiger charge is 2.27. The number of amides is 1. The number of nitrogens with one attached hydrogen (secondary N) is 2. The third kappa shape index (κ3) is 9.14. The molecular weight excluding hydrogens is 756 g/mol. The van der Waals surface area contributed by atoms with Gasteiger partial charge in [-0.25, -0.2) is 13.1 Å². The van der Waals surface area contributed by atoms with Crippen molar-refractivity contribution in [2.75, 3.05) is 42.9 Å². The molecule has 0 bridgehead atoms. The lowest BCUT2D eigenvalue weighted by atomic mass is 9.99. The van der Waals surface area contributed by atoms with Gasteiger partial charge in [0, 0.05) is 62.1 Å². The number of nitro benzene ring substituents is 1. The monoisotopic (exact) mass is 792 g/mol. The van der Waals surface area contributed by atoms with Gasteiger partial charge in [0.15, 0.2) is 0 Å². The summed E-state index contributed by atoms with van der Waals surface area (Å²) < 4.78 is 35.2. The molecule has 5 aromatic carbocycles. The largest absolute Gasteiger partial charge is 0.456 e. The number of para-hydroxylation sites is 1. The molecule has 1 aromatic heterocycles. The smallest absolute Gasteiger partial charge is 0.293 e. The number of ether oxygens (including phenoxy) is 1. The standard InChI is InChI=1S/C40H37ClN8O6S/c41-31-12-10-29(11-13-31)35-9-5-4-6-30(35)28-46-22-24-47(25-23-46)32-14-16-36(39(26-32)55-33-7-2-1-3-8-33)40(50)45-56(53,54)34-15-17-37(38(27-34)49(51)52)42-20-21-48-43-18-19-44-48/h1-19,26-27,42H,20-25,28H2,(H,45,50). The second-order valence-corrected chi connectivity index (χ2v) is 15.1. The lowest BCUT2D eigenvalue weighted by Gasteiger charge is -2.36. The van der Waals surface area contributed by atoms with E-state index in [4.69, 9.17) is 16.3 Å². The van der Waals surface area contributed by atoms with Crippen LogP contribution in [-0.2, 0) is 23.1 Å². The van der Waals surface area contributed by atoms with Crippen molar-refractivity contribution in [1.29, 1.82) is 0 Å². The molecule has 0 aliphatic carbocycles. The van der Waals surface area contributed by atoms with Crippen molar-refractivity contribution in [2.24, 2.45) is 0 Å². The minimum atomic E-state index is -4.54. The van der Waals surface area contributed by atoms with E-state index in [9.17, 15) is 23.3 Å². The first kappa shape index (κ1) is 38.0. The van der Waals surface area contributed by atoms with Crippen LogP contribution in [0.3, 0.4) is 0 Å². The van der Waals surface area contributed by atoms with Crippen LogP contribution in [-0.4, -0.2) is 71.9 Å². The Balaban J connectivity index is 1.06. The van der Waals surface area contributed by atoms with Gasteiger partial charge in [0.25, 0.3) is 21.6 Å². The Morgan fingerprint density at radius 1 is 0.857 bits per heavy atom. The number of carbonyl (C=O) groups excluding carboxylic acids is 1. The number of carbonyl (C=O) groups is 1. The van der Waals surface area contributed by atoms with E-state index in [2.05, 4.69) is 42.2 Å². The van der Waals surface area contributed by atoms with E-state index >= 15 is 0 Å². The minimum absolute atomic E-state index is 0.0290. The average Bonchev–Trinajstić information content (AvgIpc) is 3.73. The molecule has 14 nitrogen and oxygen atoms in total. The molecule has 6 aromatic rings. The highest BCUT2D eigenvalue weighted by Crippen LogP contribution is 2.33. The van der Waals surface area contributed by atoms with Crippen molar-refractivity contribution in [3.63, 3.8) is 0 Å². The molecule has 0 radical (unpaired) electrons. The number of hydrogen-bond acceptors (Lipinski definition) is 11. The molecule has 1 aliphatic heterocycles. The SMILES string of the molecule is O=C(NS(=O)(=O)c1ccc(NCCn2nccn2)c([N+](=O)[O-])c1)c1ccc(N2CCN(Cc3ccccc3-c3ccc(Cl)cc3)CC2)cc1Oc1ccccc1. The van der Waals surface area contributed by atoms with Crippen LogP contribution in [0.1, 0.15) is 15.9 Å². The molecule has 2 N–H and O–H groups in total.